The number of hydrogen-bond donors (Lipinski definition) is 1. The zero-order chi connectivity index (χ0) is 16.9. The van der Waals surface area contributed by atoms with Gasteiger partial charge >= 0.3 is 0 Å². The molecule has 1 fully saturated rings. The summed E-state index contributed by atoms with van der Waals surface area (Å²) in [6.07, 6.45) is 1.14. The topological polar surface area (TPSA) is 75.9 Å². The number of amides is 1. The third kappa shape index (κ3) is 4.17. The Morgan fingerprint density at radius 1 is 1.33 bits per heavy atom. The summed E-state index contributed by atoms with van der Waals surface area (Å²) in [5.41, 5.74) is 0.892. The van der Waals surface area contributed by atoms with E-state index in [0.29, 0.717) is 24.3 Å². The number of rotatable bonds is 6. The number of tetrazole rings is 1. The summed E-state index contributed by atoms with van der Waals surface area (Å²) >= 11 is 0. The maximum Gasteiger partial charge on any atom is 0.243 e. The van der Waals surface area contributed by atoms with Crippen LogP contribution >= 0.6 is 0 Å². The molecule has 1 atom stereocenters. The van der Waals surface area contributed by atoms with Crippen LogP contribution in [0.25, 0.3) is 11.4 Å². The van der Waals surface area contributed by atoms with E-state index in [1.165, 1.54) is 4.80 Å². The zero-order valence-electron chi connectivity index (χ0n) is 14.2. The van der Waals surface area contributed by atoms with Crippen LogP contribution in [0.15, 0.2) is 30.3 Å². The monoisotopic (exact) mass is 328 g/mol. The highest BCUT2D eigenvalue weighted by molar-refractivity contribution is 5.75. The van der Waals surface area contributed by atoms with Crippen molar-refractivity contribution in [2.45, 2.75) is 32.9 Å². The minimum atomic E-state index is -0.0741. The molecule has 0 radical (unpaired) electrons. The molecule has 1 aromatic carbocycles. The Balaban J connectivity index is 1.47. The smallest absolute Gasteiger partial charge is 0.243 e. The second kappa shape index (κ2) is 7.53. The van der Waals surface area contributed by atoms with Crippen LogP contribution in [-0.2, 0) is 11.3 Å². The number of aromatic nitrogens is 4. The highest BCUT2D eigenvalue weighted by atomic mass is 16.2. The largest absolute Gasteiger partial charge is 0.354 e. The summed E-state index contributed by atoms with van der Waals surface area (Å²) in [6, 6.07) is 10.2. The molecule has 0 bridgehead atoms. The third-order valence-electron chi connectivity index (χ3n) is 4.41. The number of nitrogens with one attached hydrogen (secondary N) is 1. The number of carbonyl (C=O) groups is 1. The first-order valence-electron chi connectivity index (χ1n) is 8.46. The second-order valence-corrected chi connectivity index (χ2v) is 6.56. The van der Waals surface area contributed by atoms with Crippen LogP contribution < -0.4 is 5.32 Å². The second-order valence-electron chi connectivity index (χ2n) is 6.56. The molecule has 1 saturated heterocycles. The Morgan fingerprint density at radius 3 is 2.83 bits per heavy atom. The minimum absolute atomic E-state index is 0.0741. The van der Waals surface area contributed by atoms with Crippen molar-refractivity contribution in [1.29, 1.82) is 0 Å². The van der Waals surface area contributed by atoms with Gasteiger partial charge in [0.1, 0.15) is 6.54 Å². The van der Waals surface area contributed by atoms with E-state index >= 15 is 0 Å². The maximum atomic E-state index is 12.1. The minimum Gasteiger partial charge on any atom is -0.354 e. The number of carbonyl (C=O) groups excluding carboxylic acids is 1. The fourth-order valence-corrected chi connectivity index (χ4v) is 2.95. The Kier molecular flexibility index (Phi) is 5.20. The van der Waals surface area contributed by atoms with Crippen molar-refractivity contribution in [3.05, 3.63) is 30.3 Å². The lowest BCUT2D eigenvalue weighted by atomic mass is 10.1. The van der Waals surface area contributed by atoms with E-state index in [2.05, 4.69) is 39.5 Å². The first-order valence-corrected chi connectivity index (χ1v) is 8.46. The predicted molar refractivity (Wildman–Crippen MR) is 91.1 cm³/mol. The van der Waals surface area contributed by atoms with Crippen LogP contribution in [0.1, 0.15) is 20.3 Å². The predicted octanol–water partition coefficient (Wildman–Crippen LogP) is 1.19. The van der Waals surface area contributed by atoms with Gasteiger partial charge in [0.2, 0.25) is 11.7 Å². The Bertz CT molecular complexity index is 669. The van der Waals surface area contributed by atoms with Crippen molar-refractivity contribution in [3.63, 3.8) is 0 Å². The molecule has 1 N–H and O–H groups in total. The summed E-state index contributed by atoms with van der Waals surface area (Å²) < 4.78 is 0. The van der Waals surface area contributed by atoms with E-state index in [9.17, 15) is 4.79 Å². The molecule has 7 heteroatoms. The lowest BCUT2D eigenvalue weighted by Gasteiger charge is -2.20. The normalized spacial score (nSPS) is 18.2. The molecule has 1 aromatic heterocycles. The SMILES string of the molecule is CC(C)N1CC[C@H](CNC(=O)Cn2nnc(-c3ccccc3)n2)C1. The summed E-state index contributed by atoms with van der Waals surface area (Å²) in [4.78, 5) is 15.9. The van der Waals surface area contributed by atoms with Crippen LogP contribution in [0.3, 0.4) is 0 Å². The highest BCUT2D eigenvalue weighted by Crippen LogP contribution is 2.17. The zero-order valence-corrected chi connectivity index (χ0v) is 14.2. The first-order chi connectivity index (χ1) is 11.6. The van der Waals surface area contributed by atoms with Crippen molar-refractivity contribution in [3.8, 4) is 11.4 Å². The number of nitrogens with zero attached hydrogens (tertiary/aromatic N) is 5. The first kappa shape index (κ1) is 16.6. The maximum absolute atomic E-state index is 12.1. The van der Waals surface area contributed by atoms with Crippen molar-refractivity contribution in [1.82, 2.24) is 30.4 Å². The van der Waals surface area contributed by atoms with Gasteiger partial charge in [0.25, 0.3) is 0 Å². The van der Waals surface area contributed by atoms with Gasteiger partial charge in [-0.15, -0.1) is 10.2 Å². The van der Waals surface area contributed by atoms with Crippen molar-refractivity contribution >= 4 is 5.91 Å². The molecule has 0 saturated carbocycles. The van der Waals surface area contributed by atoms with Crippen LogP contribution in [0.5, 0.6) is 0 Å². The van der Waals surface area contributed by atoms with E-state index in [-0.39, 0.29) is 12.5 Å². The number of likely N-dealkylation sites (tertiary alicyclic amines) is 1. The molecule has 2 heterocycles. The average Bonchev–Trinajstić information content (AvgIpc) is 3.23. The van der Waals surface area contributed by atoms with Gasteiger partial charge in [-0.3, -0.25) is 4.79 Å². The van der Waals surface area contributed by atoms with Gasteiger partial charge in [-0.1, -0.05) is 30.3 Å². The molecule has 2 aromatic rings. The van der Waals surface area contributed by atoms with Crippen molar-refractivity contribution < 1.29 is 4.79 Å². The van der Waals surface area contributed by atoms with Gasteiger partial charge in [0.05, 0.1) is 0 Å². The van der Waals surface area contributed by atoms with Crippen LogP contribution in [-0.4, -0.2) is 56.7 Å². The molecule has 0 aliphatic carbocycles. The molecule has 128 valence electrons. The van der Waals surface area contributed by atoms with E-state index in [0.717, 1.165) is 25.1 Å². The van der Waals surface area contributed by atoms with Gasteiger partial charge < -0.3 is 10.2 Å². The van der Waals surface area contributed by atoms with Crippen molar-refractivity contribution in [2.75, 3.05) is 19.6 Å². The van der Waals surface area contributed by atoms with Gasteiger partial charge in [-0.05, 0) is 37.9 Å². The standard InChI is InChI=1S/C17H24N6O/c1-13(2)22-9-8-14(11-22)10-18-16(24)12-23-20-17(19-21-23)15-6-4-3-5-7-15/h3-7,13-14H,8-12H2,1-2H3,(H,18,24)/t14-/m1/s1. The highest BCUT2D eigenvalue weighted by Gasteiger charge is 2.24. The molecular weight excluding hydrogens is 304 g/mol. The van der Waals surface area contributed by atoms with Gasteiger partial charge in [-0.2, -0.15) is 4.80 Å². The van der Waals surface area contributed by atoms with Crippen LogP contribution in [0, 0.1) is 5.92 Å². The van der Waals surface area contributed by atoms with E-state index < -0.39 is 0 Å². The summed E-state index contributed by atoms with van der Waals surface area (Å²) in [5, 5.41) is 15.2. The van der Waals surface area contributed by atoms with Gasteiger partial charge in [0.15, 0.2) is 0 Å². The summed E-state index contributed by atoms with van der Waals surface area (Å²) in [6.45, 7) is 7.40. The fraction of sp³-hybridized carbons (Fsp3) is 0.529. The molecule has 1 aliphatic rings. The van der Waals surface area contributed by atoms with Crippen LogP contribution in [0.2, 0.25) is 0 Å². The average molecular weight is 328 g/mol. The van der Waals surface area contributed by atoms with Crippen molar-refractivity contribution in [2.24, 2.45) is 5.92 Å². The van der Waals surface area contributed by atoms with E-state index in [1.54, 1.807) is 0 Å². The lowest BCUT2D eigenvalue weighted by Crippen LogP contribution is -2.34. The van der Waals surface area contributed by atoms with Gasteiger partial charge in [-0.25, -0.2) is 0 Å². The van der Waals surface area contributed by atoms with Gasteiger partial charge in [0, 0.05) is 24.7 Å². The molecule has 1 aliphatic heterocycles. The number of hydrogen-bond acceptors (Lipinski definition) is 5. The number of benzene rings is 1. The van der Waals surface area contributed by atoms with Crippen LogP contribution in [0.4, 0.5) is 0 Å². The summed E-state index contributed by atoms with van der Waals surface area (Å²) in [7, 11) is 0. The molecule has 0 spiro atoms. The van der Waals surface area contributed by atoms with E-state index in [1.807, 2.05) is 30.3 Å². The molecule has 3 rings (SSSR count). The Morgan fingerprint density at radius 2 is 2.12 bits per heavy atom. The molecular formula is C17H24N6O. The third-order valence-corrected chi connectivity index (χ3v) is 4.41. The molecule has 24 heavy (non-hydrogen) atoms. The Labute approximate surface area is 142 Å². The fourth-order valence-electron chi connectivity index (χ4n) is 2.95. The molecule has 7 nitrogen and oxygen atoms in total. The Hall–Kier alpha value is -2.28. The van der Waals surface area contributed by atoms with E-state index in [4.69, 9.17) is 0 Å². The quantitative estimate of drug-likeness (QED) is 0.862. The lowest BCUT2D eigenvalue weighted by molar-refractivity contribution is -0.122. The summed E-state index contributed by atoms with van der Waals surface area (Å²) in [5.74, 6) is 0.988. The molecule has 1 amide bonds. The molecule has 0 unspecified atom stereocenters.